The SMILES string of the molecule is CNC(C)c1ccc(N(C)Cc2scnc2C)cc1Br. The summed E-state index contributed by atoms with van der Waals surface area (Å²) in [6, 6.07) is 6.87. The Morgan fingerprint density at radius 3 is 2.75 bits per heavy atom. The highest BCUT2D eigenvalue weighted by atomic mass is 79.9. The third kappa shape index (κ3) is 3.40. The molecule has 1 atom stereocenters. The van der Waals surface area contributed by atoms with Crippen LogP contribution in [0.1, 0.15) is 29.1 Å². The molecule has 0 saturated carbocycles. The summed E-state index contributed by atoms with van der Waals surface area (Å²) in [7, 11) is 4.09. The fraction of sp³-hybridized carbons (Fsp3) is 0.400. The molecule has 0 radical (unpaired) electrons. The molecule has 1 aromatic heterocycles. The second-order valence-electron chi connectivity index (χ2n) is 4.93. The van der Waals surface area contributed by atoms with Crippen LogP contribution in [-0.2, 0) is 6.54 Å². The maximum atomic E-state index is 4.30. The number of halogens is 1. The molecule has 5 heteroatoms. The van der Waals surface area contributed by atoms with Gasteiger partial charge in [-0.25, -0.2) is 4.98 Å². The van der Waals surface area contributed by atoms with Gasteiger partial charge < -0.3 is 10.2 Å². The maximum Gasteiger partial charge on any atom is 0.0798 e. The number of aromatic nitrogens is 1. The summed E-state index contributed by atoms with van der Waals surface area (Å²) in [5.74, 6) is 0. The first-order chi connectivity index (χ1) is 9.52. The molecular weight excluding hydrogens is 334 g/mol. The zero-order valence-corrected chi connectivity index (χ0v) is 14.7. The normalized spacial score (nSPS) is 12.4. The summed E-state index contributed by atoms with van der Waals surface area (Å²) in [5, 5.41) is 3.26. The Balaban J connectivity index is 2.17. The highest BCUT2D eigenvalue weighted by Crippen LogP contribution is 2.29. The fourth-order valence-electron chi connectivity index (χ4n) is 2.04. The highest BCUT2D eigenvalue weighted by molar-refractivity contribution is 9.10. The molecule has 1 heterocycles. The number of aryl methyl sites for hydroxylation is 1. The second kappa shape index (κ2) is 6.70. The van der Waals surface area contributed by atoms with Gasteiger partial charge in [0.15, 0.2) is 0 Å². The molecule has 0 saturated heterocycles. The number of nitrogens with one attached hydrogen (secondary N) is 1. The van der Waals surface area contributed by atoms with E-state index in [1.54, 1.807) is 11.3 Å². The molecule has 0 aliphatic heterocycles. The number of hydrogen-bond donors (Lipinski definition) is 1. The third-order valence-electron chi connectivity index (χ3n) is 3.55. The van der Waals surface area contributed by atoms with Crippen LogP contribution in [0.2, 0.25) is 0 Å². The van der Waals surface area contributed by atoms with E-state index in [0.717, 1.165) is 16.7 Å². The van der Waals surface area contributed by atoms with Gasteiger partial charge in [-0.2, -0.15) is 0 Å². The monoisotopic (exact) mass is 353 g/mol. The van der Waals surface area contributed by atoms with Crippen molar-refractivity contribution in [3.8, 4) is 0 Å². The minimum Gasteiger partial charge on any atom is -0.369 e. The molecule has 1 aromatic carbocycles. The summed E-state index contributed by atoms with van der Waals surface area (Å²) in [4.78, 5) is 7.87. The molecule has 108 valence electrons. The van der Waals surface area contributed by atoms with Gasteiger partial charge in [-0.15, -0.1) is 11.3 Å². The van der Waals surface area contributed by atoms with E-state index in [1.165, 1.54) is 16.1 Å². The van der Waals surface area contributed by atoms with Crippen LogP contribution in [-0.4, -0.2) is 19.1 Å². The average Bonchev–Trinajstić information content (AvgIpc) is 2.83. The lowest BCUT2D eigenvalue weighted by molar-refractivity contribution is 0.649. The van der Waals surface area contributed by atoms with Crippen molar-refractivity contribution < 1.29 is 0 Å². The van der Waals surface area contributed by atoms with Gasteiger partial charge in [-0.1, -0.05) is 22.0 Å². The summed E-state index contributed by atoms with van der Waals surface area (Å²) in [5.41, 5.74) is 5.52. The summed E-state index contributed by atoms with van der Waals surface area (Å²) in [6.45, 7) is 5.11. The first-order valence-electron chi connectivity index (χ1n) is 6.59. The number of hydrogen-bond acceptors (Lipinski definition) is 4. The van der Waals surface area contributed by atoms with Crippen molar-refractivity contribution in [1.82, 2.24) is 10.3 Å². The minimum absolute atomic E-state index is 0.340. The Bertz CT molecular complexity index is 582. The predicted octanol–water partition coefficient (Wildman–Crippen LogP) is 4.13. The van der Waals surface area contributed by atoms with Crippen molar-refractivity contribution >= 4 is 33.0 Å². The molecule has 0 spiro atoms. The smallest absolute Gasteiger partial charge is 0.0798 e. The van der Waals surface area contributed by atoms with E-state index in [1.807, 2.05) is 12.6 Å². The average molecular weight is 354 g/mol. The van der Waals surface area contributed by atoms with Crippen molar-refractivity contribution in [2.75, 3.05) is 19.0 Å². The van der Waals surface area contributed by atoms with Crippen LogP contribution in [0.25, 0.3) is 0 Å². The first-order valence-corrected chi connectivity index (χ1v) is 8.27. The van der Waals surface area contributed by atoms with Gasteiger partial charge in [-0.3, -0.25) is 0 Å². The summed E-state index contributed by atoms with van der Waals surface area (Å²) < 4.78 is 1.14. The van der Waals surface area contributed by atoms with Crippen LogP contribution in [0, 0.1) is 6.92 Å². The van der Waals surface area contributed by atoms with E-state index in [-0.39, 0.29) is 0 Å². The lowest BCUT2D eigenvalue weighted by atomic mass is 10.1. The van der Waals surface area contributed by atoms with Gasteiger partial charge >= 0.3 is 0 Å². The van der Waals surface area contributed by atoms with Crippen LogP contribution >= 0.6 is 27.3 Å². The Morgan fingerprint density at radius 1 is 1.45 bits per heavy atom. The van der Waals surface area contributed by atoms with E-state index >= 15 is 0 Å². The zero-order chi connectivity index (χ0) is 14.7. The molecule has 0 amide bonds. The number of anilines is 1. The Kier molecular flexibility index (Phi) is 5.18. The van der Waals surface area contributed by atoms with E-state index in [2.05, 4.69) is 70.2 Å². The van der Waals surface area contributed by atoms with Gasteiger partial charge in [0.05, 0.1) is 17.7 Å². The lowest BCUT2D eigenvalue weighted by Crippen LogP contribution is -2.17. The Morgan fingerprint density at radius 2 is 2.20 bits per heavy atom. The standard InChI is InChI=1S/C15H20BrN3S/c1-10(17-3)13-6-5-12(7-14(13)16)19(4)8-15-11(2)18-9-20-15/h5-7,9-10,17H,8H2,1-4H3. The molecule has 0 aliphatic carbocycles. The molecule has 1 N–H and O–H groups in total. The van der Waals surface area contributed by atoms with E-state index in [0.29, 0.717) is 6.04 Å². The molecule has 2 rings (SSSR count). The van der Waals surface area contributed by atoms with E-state index in [4.69, 9.17) is 0 Å². The van der Waals surface area contributed by atoms with Crippen molar-refractivity contribution in [2.24, 2.45) is 0 Å². The van der Waals surface area contributed by atoms with Gasteiger partial charge in [0.1, 0.15) is 0 Å². The largest absolute Gasteiger partial charge is 0.369 e. The molecule has 2 aromatic rings. The van der Waals surface area contributed by atoms with Crippen molar-refractivity contribution in [1.29, 1.82) is 0 Å². The number of rotatable bonds is 5. The van der Waals surface area contributed by atoms with Crippen LogP contribution in [0.5, 0.6) is 0 Å². The topological polar surface area (TPSA) is 28.2 Å². The second-order valence-corrected chi connectivity index (χ2v) is 6.73. The quantitative estimate of drug-likeness (QED) is 0.875. The zero-order valence-electron chi connectivity index (χ0n) is 12.3. The number of thiazole rings is 1. The summed E-state index contributed by atoms with van der Waals surface area (Å²) in [6.07, 6.45) is 0. The Hall–Kier alpha value is -0.910. The van der Waals surface area contributed by atoms with Crippen LogP contribution in [0.4, 0.5) is 5.69 Å². The number of nitrogens with zero attached hydrogens (tertiary/aromatic N) is 2. The molecule has 1 unspecified atom stereocenters. The van der Waals surface area contributed by atoms with Crippen molar-refractivity contribution in [2.45, 2.75) is 26.4 Å². The third-order valence-corrected chi connectivity index (χ3v) is 5.16. The van der Waals surface area contributed by atoms with Gasteiger partial charge in [0.25, 0.3) is 0 Å². The minimum atomic E-state index is 0.340. The van der Waals surface area contributed by atoms with Gasteiger partial charge in [0.2, 0.25) is 0 Å². The first kappa shape index (κ1) is 15.5. The molecule has 0 bridgehead atoms. The molecule has 0 fully saturated rings. The van der Waals surface area contributed by atoms with E-state index < -0.39 is 0 Å². The molecule has 0 aliphatic rings. The fourth-order valence-corrected chi connectivity index (χ4v) is 3.58. The molecule has 20 heavy (non-hydrogen) atoms. The molecule has 3 nitrogen and oxygen atoms in total. The summed E-state index contributed by atoms with van der Waals surface area (Å²) >= 11 is 5.39. The van der Waals surface area contributed by atoms with Crippen LogP contribution in [0.15, 0.2) is 28.2 Å². The Labute approximate surface area is 133 Å². The van der Waals surface area contributed by atoms with Crippen LogP contribution < -0.4 is 10.2 Å². The predicted molar refractivity (Wildman–Crippen MR) is 90.6 cm³/mol. The number of benzene rings is 1. The van der Waals surface area contributed by atoms with E-state index in [9.17, 15) is 0 Å². The lowest BCUT2D eigenvalue weighted by Gasteiger charge is -2.21. The van der Waals surface area contributed by atoms with Crippen molar-refractivity contribution in [3.63, 3.8) is 0 Å². The maximum absolute atomic E-state index is 4.30. The van der Waals surface area contributed by atoms with Gasteiger partial charge in [-0.05, 0) is 38.6 Å². The highest BCUT2D eigenvalue weighted by Gasteiger charge is 2.11. The van der Waals surface area contributed by atoms with Crippen LogP contribution in [0.3, 0.4) is 0 Å². The van der Waals surface area contributed by atoms with Gasteiger partial charge in [0, 0.05) is 28.1 Å². The molecular formula is C15H20BrN3S. The van der Waals surface area contributed by atoms with Crippen molar-refractivity contribution in [3.05, 3.63) is 44.3 Å².